The third-order valence-electron chi connectivity index (χ3n) is 6.84. The van der Waals surface area contributed by atoms with Crippen molar-refractivity contribution in [1.29, 1.82) is 0 Å². The van der Waals surface area contributed by atoms with E-state index in [9.17, 15) is 9.90 Å². The zero-order valence-corrected chi connectivity index (χ0v) is 17.7. The molecule has 2 heterocycles. The first-order valence-corrected chi connectivity index (χ1v) is 10.9. The Morgan fingerprint density at radius 1 is 1.13 bits per heavy atom. The third kappa shape index (κ3) is 3.59. The van der Waals surface area contributed by atoms with Crippen LogP contribution in [0.4, 0.5) is 0 Å². The molecule has 0 aromatic heterocycles. The minimum absolute atomic E-state index is 0.0967. The van der Waals surface area contributed by atoms with E-state index in [1.807, 2.05) is 66.4 Å². The van der Waals surface area contributed by atoms with E-state index >= 15 is 0 Å². The molecule has 0 unspecified atom stereocenters. The highest BCUT2D eigenvalue weighted by Crippen LogP contribution is 2.52. The summed E-state index contributed by atoms with van der Waals surface area (Å²) < 4.78 is 6.49. The lowest BCUT2D eigenvalue weighted by Crippen LogP contribution is -2.60. The number of amides is 1. The molecule has 158 valence electrons. The number of piperidine rings is 1. The van der Waals surface area contributed by atoms with Gasteiger partial charge in [0.25, 0.3) is 0 Å². The minimum Gasteiger partial charge on any atom is -0.394 e. The maximum Gasteiger partial charge on any atom is 0.231 e. The summed E-state index contributed by atoms with van der Waals surface area (Å²) in [6.07, 6.45) is 5.33. The zero-order chi connectivity index (χ0) is 21.2. The number of aliphatic hydroxyl groups is 1. The quantitative estimate of drug-likeness (QED) is 0.682. The van der Waals surface area contributed by atoms with Crippen LogP contribution >= 0.6 is 0 Å². The number of fused-ring (bicyclic) bond motifs is 1. The summed E-state index contributed by atoms with van der Waals surface area (Å²) in [4.78, 5) is 16.0. The first-order chi connectivity index (χ1) is 14.5. The molecule has 2 saturated heterocycles. The number of carbonyl (C=O) groups is 1. The van der Waals surface area contributed by atoms with Crippen LogP contribution in [0.25, 0.3) is 0 Å². The summed E-state index contributed by atoms with van der Waals surface area (Å²) in [5.41, 5.74) is 0.968. The Labute approximate surface area is 179 Å². The van der Waals surface area contributed by atoms with E-state index in [1.165, 1.54) is 5.56 Å². The van der Waals surface area contributed by atoms with Gasteiger partial charge in [0, 0.05) is 0 Å². The molecule has 0 aliphatic carbocycles. The fraction of sp³-hybridized carbons (Fsp3) is 0.423. The van der Waals surface area contributed by atoms with Gasteiger partial charge in [-0.25, -0.2) is 0 Å². The highest BCUT2D eigenvalue weighted by atomic mass is 16.5. The molecular weight excluding hydrogens is 374 g/mol. The SMILES string of the molecule is C=CCC[C@]1(Cc2ccccc2)CC[C@@]2(C)O[C@@H](c3ccccc3)[C@H](CO)N2C1=O. The second-order valence-electron chi connectivity index (χ2n) is 8.82. The molecule has 2 fully saturated rings. The van der Waals surface area contributed by atoms with Crippen LogP contribution in [-0.4, -0.2) is 34.3 Å². The average molecular weight is 406 g/mol. The molecule has 30 heavy (non-hydrogen) atoms. The van der Waals surface area contributed by atoms with E-state index in [0.29, 0.717) is 6.42 Å². The number of allylic oxidation sites excluding steroid dienone is 1. The van der Waals surface area contributed by atoms with Crippen molar-refractivity contribution in [1.82, 2.24) is 4.90 Å². The molecule has 2 aromatic carbocycles. The molecule has 2 aromatic rings. The van der Waals surface area contributed by atoms with E-state index < -0.39 is 11.1 Å². The molecule has 1 amide bonds. The van der Waals surface area contributed by atoms with Gasteiger partial charge in [-0.3, -0.25) is 4.79 Å². The Bertz CT molecular complexity index is 884. The Balaban J connectivity index is 1.70. The predicted octanol–water partition coefficient (Wildman–Crippen LogP) is 4.65. The number of benzene rings is 2. The van der Waals surface area contributed by atoms with Crippen molar-refractivity contribution >= 4 is 5.91 Å². The lowest BCUT2D eigenvalue weighted by molar-refractivity contribution is -0.177. The molecule has 1 N–H and O–H groups in total. The highest BCUT2D eigenvalue weighted by molar-refractivity contribution is 5.85. The Hall–Kier alpha value is -2.43. The second kappa shape index (κ2) is 8.37. The molecule has 0 bridgehead atoms. The molecule has 0 radical (unpaired) electrons. The first kappa shape index (κ1) is 20.8. The van der Waals surface area contributed by atoms with Crippen molar-refractivity contribution in [2.45, 2.75) is 56.9 Å². The van der Waals surface area contributed by atoms with Crippen LogP contribution in [0, 0.1) is 5.41 Å². The van der Waals surface area contributed by atoms with Crippen molar-refractivity contribution < 1.29 is 14.6 Å². The van der Waals surface area contributed by atoms with Crippen molar-refractivity contribution in [3.8, 4) is 0 Å². The number of rotatable bonds is 7. The topological polar surface area (TPSA) is 49.8 Å². The normalized spacial score (nSPS) is 30.9. The number of aliphatic hydroxyl groups excluding tert-OH is 1. The van der Waals surface area contributed by atoms with Crippen LogP contribution in [0.15, 0.2) is 73.3 Å². The van der Waals surface area contributed by atoms with Crippen LogP contribution < -0.4 is 0 Å². The van der Waals surface area contributed by atoms with Crippen molar-refractivity contribution in [3.63, 3.8) is 0 Å². The number of nitrogens with zero attached hydrogens (tertiary/aromatic N) is 1. The third-order valence-corrected chi connectivity index (χ3v) is 6.84. The minimum atomic E-state index is -0.695. The summed E-state index contributed by atoms with van der Waals surface area (Å²) in [7, 11) is 0. The highest BCUT2D eigenvalue weighted by Gasteiger charge is 2.60. The van der Waals surface area contributed by atoms with Crippen molar-refractivity contribution in [2.75, 3.05) is 6.61 Å². The van der Waals surface area contributed by atoms with Crippen molar-refractivity contribution in [3.05, 3.63) is 84.4 Å². The van der Waals surface area contributed by atoms with Gasteiger partial charge in [-0.2, -0.15) is 0 Å². The summed E-state index contributed by atoms with van der Waals surface area (Å²) in [5, 5.41) is 10.3. The molecule has 0 saturated carbocycles. The van der Waals surface area contributed by atoms with E-state index in [0.717, 1.165) is 31.2 Å². The van der Waals surface area contributed by atoms with Crippen LogP contribution in [0.3, 0.4) is 0 Å². The van der Waals surface area contributed by atoms with Crippen LogP contribution in [0.5, 0.6) is 0 Å². The largest absolute Gasteiger partial charge is 0.394 e. The van der Waals surface area contributed by atoms with E-state index in [-0.39, 0.29) is 24.7 Å². The molecule has 0 spiro atoms. The van der Waals surface area contributed by atoms with Gasteiger partial charge in [0.05, 0.1) is 18.1 Å². The van der Waals surface area contributed by atoms with Crippen molar-refractivity contribution in [2.24, 2.45) is 5.41 Å². The first-order valence-electron chi connectivity index (χ1n) is 10.9. The van der Waals surface area contributed by atoms with Gasteiger partial charge < -0.3 is 14.7 Å². The van der Waals surface area contributed by atoms with Gasteiger partial charge >= 0.3 is 0 Å². The van der Waals surface area contributed by atoms with E-state index in [1.54, 1.807) is 0 Å². The number of hydrogen-bond donors (Lipinski definition) is 1. The van der Waals surface area contributed by atoms with Crippen LogP contribution in [0.2, 0.25) is 0 Å². The van der Waals surface area contributed by atoms with E-state index in [4.69, 9.17) is 4.74 Å². The summed E-state index contributed by atoms with van der Waals surface area (Å²) in [6.45, 7) is 5.76. The van der Waals surface area contributed by atoms with E-state index in [2.05, 4.69) is 18.7 Å². The fourth-order valence-corrected chi connectivity index (χ4v) is 5.23. The van der Waals surface area contributed by atoms with Gasteiger partial charge in [0.15, 0.2) is 0 Å². The van der Waals surface area contributed by atoms with Gasteiger partial charge in [-0.05, 0) is 50.2 Å². The number of hydrogen-bond acceptors (Lipinski definition) is 3. The van der Waals surface area contributed by atoms with Crippen LogP contribution in [-0.2, 0) is 16.0 Å². The standard InChI is InChI=1S/C26H31NO3/c1-3-4-15-26(18-20-11-7-5-8-12-20)17-16-25(2)27(24(26)29)22(19-28)23(30-25)21-13-9-6-10-14-21/h3,5-14,22-23,28H,1,4,15-19H2,2H3/t22-,23-,25+,26+/m0/s1. The molecule has 4 rings (SSSR count). The maximum atomic E-state index is 14.1. The van der Waals surface area contributed by atoms with Gasteiger partial charge in [0.2, 0.25) is 5.91 Å². The molecule has 4 atom stereocenters. The Morgan fingerprint density at radius 3 is 2.43 bits per heavy atom. The zero-order valence-electron chi connectivity index (χ0n) is 17.7. The molecule has 4 nitrogen and oxygen atoms in total. The van der Waals surface area contributed by atoms with Gasteiger partial charge in [0.1, 0.15) is 11.8 Å². The molecule has 2 aliphatic rings. The summed E-state index contributed by atoms with van der Waals surface area (Å²) >= 11 is 0. The lowest BCUT2D eigenvalue weighted by atomic mass is 9.69. The van der Waals surface area contributed by atoms with Gasteiger partial charge in [-0.15, -0.1) is 6.58 Å². The molecule has 2 aliphatic heterocycles. The summed E-state index contributed by atoms with van der Waals surface area (Å²) in [6, 6.07) is 19.8. The summed E-state index contributed by atoms with van der Waals surface area (Å²) in [5.74, 6) is 0.0967. The predicted molar refractivity (Wildman–Crippen MR) is 118 cm³/mol. The second-order valence-corrected chi connectivity index (χ2v) is 8.82. The molecular formula is C26H31NO3. The number of carbonyl (C=O) groups excluding carboxylic acids is 1. The monoisotopic (exact) mass is 405 g/mol. The number of ether oxygens (including phenoxy) is 1. The smallest absolute Gasteiger partial charge is 0.231 e. The average Bonchev–Trinajstić information content (AvgIpc) is 3.09. The Morgan fingerprint density at radius 2 is 1.80 bits per heavy atom. The van der Waals surface area contributed by atoms with Gasteiger partial charge in [-0.1, -0.05) is 66.7 Å². The molecule has 4 heteroatoms. The fourth-order valence-electron chi connectivity index (χ4n) is 5.23. The Kier molecular flexibility index (Phi) is 5.81. The lowest BCUT2D eigenvalue weighted by Gasteiger charge is -2.49. The van der Waals surface area contributed by atoms with Crippen LogP contribution in [0.1, 0.15) is 49.8 Å². The maximum absolute atomic E-state index is 14.1.